The molecular formula is C15H20N2O. The zero-order valence-electron chi connectivity index (χ0n) is 11.1. The van der Waals surface area contributed by atoms with Gasteiger partial charge in [-0.1, -0.05) is 0 Å². The highest BCUT2D eigenvalue weighted by molar-refractivity contribution is 5.87. The summed E-state index contributed by atoms with van der Waals surface area (Å²) in [5.41, 5.74) is 2.61. The lowest BCUT2D eigenvalue weighted by atomic mass is 10.0. The van der Waals surface area contributed by atoms with E-state index in [1.54, 1.807) is 7.11 Å². The average molecular weight is 244 g/mol. The number of fused-ring (bicyclic) bond motifs is 1. The number of nitrogens with one attached hydrogen (secondary N) is 1. The SMILES string of the molecule is COc1cc(CC2CCCN2)cc2c1ccn2C. The molecule has 2 heterocycles. The van der Waals surface area contributed by atoms with Crippen LogP contribution in [0.1, 0.15) is 18.4 Å². The van der Waals surface area contributed by atoms with Gasteiger partial charge in [0.2, 0.25) is 0 Å². The molecule has 0 radical (unpaired) electrons. The summed E-state index contributed by atoms with van der Waals surface area (Å²) in [7, 11) is 3.83. The Labute approximate surface area is 108 Å². The molecule has 1 saturated heterocycles. The molecular weight excluding hydrogens is 224 g/mol. The fraction of sp³-hybridized carbons (Fsp3) is 0.467. The van der Waals surface area contributed by atoms with Gasteiger partial charge in [-0.15, -0.1) is 0 Å². The lowest BCUT2D eigenvalue weighted by Gasteiger charge is -2.12. The van der Waals surface area contributed by atoms with E-state index in [2.05, 4.69) is 41.3 Å². The Balaban J connectivity index is 1.98. The molecule has 1 aliphatic heterocycles. The highest BCUT2D eigenvalue weighted by Gasteiger charge is 2.16. The van der Waals surface area contributed by atoms with Crippen molar-refractivity contribution in [2.45, 2.75) is 25.3 Å². The summed E-state index contributed by atoms with van der Waals surface area (Å²) in [6, 6.07) is 7.22. The standard InChI is InChI=1S/C15H20N2O/c1-17-7-5-13-14(17)9-11(10-15(13)18-2)8-12-4-3-6-16-12/h5,7,9-10,12,16H,3-4,6,8H2,1-2H3. The van der Waals surface area contributed by atoms with Gasteiger partial charge < -0.3 is 14.6 Å². The van der Waals surface area contributed by atoms with E-state index in [1.807, 2.05) is 0 Å². The van der Waals surface area contributed by atoms with Crippen LogP contribution < -0.4 is 10.1 Å². The molecule has 96 valence electrons. The Bertz CT molecular complexity index is 553. The topological polar surface area (TPSA) is 26.2 Å². The summed E-state index contributed by atoms with van der Waals surface area (Å²) in [5.74, 6) is 0.987. The molecule has 0 amide bonds. The van der Waals surface area contributed by atoms with Gasteiger partial charge in [0, 0.05) is 24.7 Å². The van der Waals surface area contributed by atoms with Crippen molar-refractivity contribution in [2.24, 2.45) is 7.05 Å². The van der Waals surface area contributed by atoms with E-state index >= 15 is 0 Å². The molecule has 1 fully saturated rings. The van der Waals surface area contributed by atoms with Crippen LogP contribution in [0, 0.1) is 0 Å². The zero-order chi connectivity index (χ0) is 12.5. The van der Waals surface area contributed by atoms with Crippen LogP contribution in [-0.2, 0) is 13.5 Å². The normalized spacial score (nSPS) is 19.6. The second kappa shape index (κ2) is 4.65. The Hall–Kier alpha value is -1.48. The molecule has 1 N–H and O–H groups in total. The lowest BCUT2D eigenvalue weighted by Crippen LogP contribution is -2.23. The second-order valence-electron chi connectivity index (χ2n) is 5.15. The summed E-state index contributed by atoms with van der Waals surface area (Å²) < 4.78 is 7.67. The number of aryl methyl sites for hydroxylation is 1. The van der Waals surface area contributed by atoms with Gasteiger partial charge in [-0.05, 0) is 49.6 Å². The fourth-order valence-corrected chi connectivity index (χ4v) is 2.90. The Kier molecular flexibility index (Phi) is 3.00. The van der Waals surface area contributed by atoms with Crippen LogP contribution in [-0.4, -0.2) is 24.3 Å². The number of hydrogen-bond donors (Lipinski definition) is 1. The van der Waals surface area contributed by atoms with E-state index in [-0.39, 0.29) is 0 Å². The van der Waals surface area contributed by atoms with Crippen LogP contribution >= 0.6 is 0 Å². The van der Waals surface area contributed by atoms with Gasteiger partial charge in [0.15, 0.2) is 0 Å². The van der Waals surface area contributed by atoms with E-state index in [0.29, 0.717) is 6.04 Å². The van der Waals surface area contributed by atoms with Gasteiger partial charge in [-0.25, -0.2) is 0 Å². The van der Waals surface area contributed by atoms with Crippen LogP contribution in [0.4, 0.5) is 0 Å². The minimum absolute atomic E-state index is 0.632. The predicted molar refractivity (Wildman–Crippen MR) is 74.2 cm³/mol. The van der Waals surface area contributed by atoms with Crippen molar-refractivity contribution in [2.75, 3.05) is 13.7 Å². The largest absolute Gasteiger partial charge is 0.496 e. The average Bonchev–Trinajstić information content (AvgIpc) is 3.00. The smallest absolute Gasteiger partial charge is 0.128 e. The van der Waals surface area contributed by atoms with Crippen LogP contribution in [0.15, 0.2) is 24.4 Å². The summed E-state index contributed by atoms with van der Waals surface area (Å²) >= 11 is 0. The summed E-state index contributed by atoms with van der Waals surface area (Å²) in [6.07, 6.45) is 5.77. The number of hydrogen-bond acceptors (Lipinski definition) is 2. The van der Waals surface area contributed by atoms with Gasteiger partial charge in [-0.2, -0.15) is 0 Å². The van der Waals surface area contributed by atoms with Crippen LogP contribution in [0.5, 0.6) is 5.75 Å². The summed E-state index contributed by atoms with van der Waals surface area (Å²) in [6.45, 7) is 1.16. The number of nitrogens with zero attached hydrogens (tertiary/aromatic N) is 1. The predicted octanol–water partition coefficient (Wildman–Crippen LogP) is 2.48. The molecule has 3 rings (SSSR count). The van der Waals surface area contributed by atoms with Crippen molar-refractivity contribution in [3.05, 3.63) is 30.0 Å². The minimum atomic E-state index is 0.632. The number of methoxy groups -OCH3 is 1. The lowest BCUT2D eigenvalue weighted by molar-refractivity contribution is 0.419. The molecule has 2 aromatic rings. The zero-order valence-corrected chi connectivity index (χ0v) is 11.1. The van der Waals surface area contributed by atoms with Crippen molar-refractivity contribution in [3.8, 4) is 5.75 Å². The van der Waals surface area contributed by atoms with E-state index in [4.69, 9.17) is 4.74 Å². The number of aromatic nitrogens is 1. The highest BCUT2D eigenvalue weighted by Crippen LogP contribution is 2.29. The van der Waals surface area contributed by atoms with Gasteiger partial charge >= 0.3 is 0 Å². The molecule has 1 unspecified atom stereocenters. The second-order valence-corrected chi connectivity index (χ2v) is 5.15. The van der Waals surface area contributed by atoms with Gasteiger partial charge in [0.25, 0.3) is 0 Å². The highest BCUT2D eigenvalue weighted by atomic mass is 16.5. The van der Waals surface area contributed by atoms with Crippen molar-refractivity contribution >= 4 is 10.9 Å². The Morgan fingerprint density at radius 3 is 3.06 bits per heavy atom. The van der Waals surface area contributed by atoms with Crippen LogP contribution in [0.3, 0.4) is 0 Å². The molecule has 1 aliphatic rings. The first-order chi connectivity index (χ1) is 8.78. The first-order valence-electron chi connectivity index (χ1n) is 6.63. The quantitative estimate of drug-likeness (QED) is 0.897. The van der Waals surface area contributed by atoms with Crippen molar-refractivity contribution in [3.63, 3.8) is 0 Å². The van der Waals surface area contributed by atoms with E-state index in [0.717, 1.165) is 18.7 Å². The summed E-state index contributed by atoms with van der Waals surface area (Å²) in [4.78, 5) is 0. The fourth-order valence-electron chi connectivity index (χ4n) is 2.90. The maximum Gasteiger partial charge on any atom is 0.128 e. The summed E-state index contributed by atoms with van der Waals surface area (Å²) in [5, 5.41) is 4.75. The van der Waals surface area contributed by atoms with Crippen LogP contribution in [0.2, 0.25) is 0 Å². The monoisotopic (exact) mass is 244 g/mol. The van der Waals surface area contributed by atoms with E-state index in [1.165, 1.54) is 29.3 Å². The number of ether oxygens (including phenoxy) is 1. The van der Waals surface area contributed by atoms with Crippen molar-refractivity contribution < 1.29 is 4.74 Å². The maximum absolute atomic E-state index is 5.51. The molecule has 1 aromatic carbocycles. The van der Waals surface area contributed by atoms with Crippen LogP contribution in [0.25, 0.3) is 10.9 Å². The van der Waals surface area contributed by atoms with Crippen molar-refractivity contribution in [1.29, 1.82) is 0 Å². The van der Waals surface area contributed by atoms with E-state index in [9.17, 15) is 0 Å². The Morgan fingerprint density at radius 1 is 1.44 bits per heavy atom. The maximum atomic E-state index is 5.51. The molecule has 0 saturated carbocycles. The third-order valence-corrected chi connectivity index (χ3v) is 3.89. The molecule has 0 bridgehead atoms. The number of benzene rings is 1. The van der Waals surface area contributed by atoms with Gasteiger partial charge in [0.1, 0.15) is 5.75 Å². The number of rotatable bonds is 3. The third kappa shape index (κ3) is 1.99. The van der Waals surface area contributed by atoms with E-state index < -0.39 is 0 Å². The Morgan fingerprint density at radius 2 is 2.33 bits per heavy atom. The third-order valence-electron chi connectivity index (χ3n) is 3.89. The first kappa shape index (κ1) is 11.6. The van der Waals surface area contributed by atoms with Gasteiger partial charge in [-0.3, -0.25) is 0 Å². The molecule has 3 nitrogen and oxygen atoms in total. The molecule has 3 heteroatoms. The van der Waals surface area contributed by atoms with Crippen molar-refractivity contribution in [1.82, 2.24) is 9.88 Å². The molecule has 0 aliphatic carbocycles. The molecule has 18 heavy (non-hydrogen) atoms. The minimum Gasteiger partial charge on any atom is -0.496 e. The van der Waals surface area contributed by atoms with Gasteiger partial charge in [0.05, 0.1) is 12.6 Å². The molecule has 0 spiro atoms. The first-order valence-corrected chi connectivity index (χ1v) is 6.63. The molecule has 1 aromatic heterocycles. The molecule has 1 atom stereocenters.